The van der Waals surface area contributed by atoms with Crippen molar-refractivity contribution < 1.29 is 27.5 Å². The standard InChI is InChI=1S/C10H10F4N2O2/c11-6-1-3-7(4-2-6)18-5-8(9(15)16-17)10(12,13)14/h1-4,8,17H,5H2,(H2,15,16). The SMILES string of the molecule is N/C(=N/O)C(COc1ccc(F)cc1)C(F)(F)F. The Morgan fingerprint density at radius 1 is 1.33 bits per heavy atom. The van der Waals surface area contributed by atoms with Crippen LogP contribution in [-0.2, 0) is 0 Å². The number of benzene rings is 1. The van der Waals surface area contributed by atoms with Gasteiger partial charge in [0.05, 0.1) is 0 Å². The maximum atomic E-state index is 12.5. The number of ether oxygens (including phenoxy) is 1. The predicted molar refractivity (Wildman–Crippen MR) is 54.8 cm³/mol. The molecule has 0 heterocycles. The van der Waals surface area contributed by atoms with Gasteiger partial charge in [0.1, 0.15) is 24.1 Å². The van der Waals surface area contributed by atoms with Gasteiger partial charge in [-0.15, -0.1) is 0 Å². The van der Waals surface area contributed by atoms with Gasteiger partial charge < -0.3 is 15.7 Å². The van der Waals surface area contributed by atoms with Crippen molar-refractivity contribution in [1.82, 2.24) is 0 Å². The number of nitrogens with zero attached hydrogens (tertiary/aromatic N) is 1. The van der Waals surface area contributed by atoms with E-state index in [-0.39, 0.29) is 5.75 Å². The molecule has 0 aliphatic heterocycles. The van der Waals surface area contributed by atoms with Crippen LogP contribution in [0.5, 0.6) is 5.75 Å². The summed E-state index contributed by atoms with van der Waals surface area (Å²) in [5.41, 5.74) is 4.93. The Hall–Kier alpha value is -1.99. The number of oxime groups is 1. The van der Waals surface area contributed by atoms with Crippen LogP contribution in [0.2, 0.25) is 0 Å². The summed E-state index contributed by atoms with van der Waals surface area (Å²) in [6.07, 6.45) is -4.70. The van der Waals surface area contributed by atoms with Crippen LogP contribution in [0.1, 0.15) is 0 Å². The Labute approximate surface area is 99.7 Å². The van der Waals surface area contributed by atoms with Crippen LogP contribution in [0, 0.1) is 11.7 Å². The number of hydrogen-bond acceptors (Lipinski definition) is 3. The van der Waals surface area contributed by atoms with E-state index in [2.05, 4.69) is 5.16 Å². The summed E-state index contributed by atoms with van der Waals surface area (Å²) < 4.78 is 54.9. The smallest absolute Gasteiger partial charge is 0.402 e. The van der Waals surface area contributed by atoms with Crippen molar-refractivity contribution >= 4 is 5.84 Å². The second-order valence-corrected chi connectivity index (χ2v) is 3.38. The van der Waals surface area contributed by atoms with Crippen LogP contribution < -0.4 is 10.5 Å². The summed E-state index contributed by atoms with van der Waals surface area (Å²) in [6.45, 7) is -0.856. The third-order valence-corrected chi connectivity index (χ3v) is 2.10. The number of amidine groups is 1. The fourth-order valence-corrected chi connectivity index (χ4v) is 1.13. The minimum Gasteiger partial charge on any atom is -0.492 e. The lowest BCUT2D eigenvalue weighted by molar-refractivity contribution is -0.162. The molecule has 0 fully saturated rings. The quantitative estimate of drug-likeness (QED) is 0.288. The van der Waals surface area contributed by atoms with Crippen molar-refractivity contribution in [2.45, 2.75) is 6.18 Å². The van der Waals surface area contributed by atoms with E-state index < -0.39 is 30.4 Å². The molecule has 100 valence electrons. The molecule has 1 rings (SSSR count). The molecule has 0 bridgehead atoms. The molecule has 1 aromatic carbocycles. The summed E-state index contributed by atoms with van der Waals surface area (Å²) in [5.74, 6) is -3.71. The molecule has 3 N–H and O–H groups in total. The first kappa shape index (κ1) is 14.1. The minimum absolute atomic E-state index is 0.0522. The van der Waals surface area contributed by atoms with E-state index in [1.165, 1.54) is 12.1 Å². The van der Waals surface area contributed by atoms with Crippen molar-refractivity contribution in [1.29, 1.82) is 0 Å². The molecule has 0 aliphatic rings. The number of nitrogens with two attached hydrogens (primary N) is 1. The molecular formula is C10H10F4N2O2. The molecule has 0 spiro atoms. The highest BCUT2D eigenvalue weighted by Crippen LogP contribution is 2.27. The van der Waals surface area contributed by atoms with E-state index in [1.807, 2.05) is 0 Å². The van der Waals surface area contributed by atoms with Crippen LogP contribution in [0.3, 0.4) is 0 Å². The summed E-state index contributed by atoms with van der Waals surface area (Å²) in [7, 11) is 0. The Morgan fingerprint density at radius 3 is 2.33 bits per heavy atom. The number of halogens is 4. The third kappa shape index (κ3) is 3.79. The van der Waals surface area contributed by atoms with Crippen LogP contribution >= 0.6 is 0 Å². The fraction of sp³-hybridized carbons (Fsp3) is 0.300. The van der Waals surface area contributed by atoms with Crippen LogP contribution in [-0.4, -0.2) is 23.8 Å². The molecule has 0 amide bonds. The summed E-state index contributed by atoms with van der Waals surface area (Å²) in [6, 6.07) is 4.44. The maximum absolute atomic E-state index is 12.5. The molecule has 4 nitrogen and oxygen atoms in total. The molecule has 18 heavy (non-hydrogen) atoms. The molecule has 0 saturated heterocycles. The van der Waals surface area contributed by atoms with Crippen molar-refractivity contribution in [3.63, 3.8) is 0 Å². The zero-order valence-electron chi connectivity index (χ0n) is 8.99. The van der Waals surface area contributed by atoms with Crippen molar-refractivity contribution in [3.8, 4) is 5.75 Å². The summed E-state index contributed by atoms with van der Waals surface area (Å²) in [4.78, 5) is 0. The summed E-state index contributed by atoms with van der Waals surface area (Å²) in [5, 5.41) is 10.6. The lowest BCUT2D eigenvalue weighted by Gasteiger charge is -2.19. The largest absolute Gasteiger partial charge is 0.492 e. The molecule has 0 saturated carbocycles. The first-order valence-electron chi connectivity index (χ1n) is 4.77. The Kier molecular flexibility index (Phi) is 4.35. The van der Waals surface area contributed by atoms with E-state index in [0.717, 1.165) is 12.1 Å². The van der Waals surface area contributed by atoms with E-state index in [1.54, 1.807) is 0 Å². The molecule has 0 aliphatic carbocycles. The number of alkyl halides is 3. The van der Waals surface area contributed by atoms with E-state index >= 15 is 0 Å². The molecule has 1 unspecified atom stereocenters. The first-order chi connectivity index (χ1) is 8.34. The normalized spacial score (nSPS) is 14.3. The predicted octanol–water partition coefficient (Wildman–Crippen LogP) is 2.13. The zero-order chi connectivity index (χ0) is 13.8. The number of hydrogen-bond donors (Lipinski definition) is 2. The molecular weight excluding hydrogens is 256 g/mol. The zero-order valence-corrected chi connectivity index (χ0v) is 8.99. The van der Waals surface area contributed by atoms with Crippen LogP contribution in [0.15, 0.2) is 29.4 Å². The minimum atomic E-state index is -4.70. The highest BCUT2D eigenvalue weighted by atomic mass is 19.4. The molecule has 0 radical (unpaired) electrons. The highest BCUT2D eigenvalue weighted by molar-refractivity contribution is 5.83. The van der Waals surface area contributed by atoms with Crippen LogP contribution in [0.25, 0.3) is 0 Å². The van der Waals surface area contributed by atoms with Crippen molar-refractivity contribution in [2.75, 3.05) is 6.61 Å². The van der Waals surface area contributed by atoms with Gasteiger partial charge in [-0.05, 0) is 24.3 Å². The van der Waals surface area contributed by atoms with Crippen molar-refractivity contribution in [3.05, 3.63) is 30.1 Å². The topological polar surface area (TPSA) is 67.8 Å². The molecule has 8 heteroatoms. The average molecular weight is 266 g/mol. The average Bonchev–Trinajstić information content (AvgIpc) is 2.29. The van der Waals surface area contributed by atoms with E-state index in [4.69, 9.17) is 15.7 Å². The van der Waals surface area contributed by atoms with Gasteiger partial charge in [0.15, 0.2) is 5.84 Å². The van der Waals surface area contributed by atoms with Crippen LogP contribution in [0.4, 0.5) is 17.6 Å². The molecule has 1 aromatic rings. The Balaban J connectivity index is 2.71. The number of rotatable bonds is 4. The van der Waals surface area contributed by atoms with Gasteiger partial charge in [-0.3, -0.25) is 0 Å². The van der Waals surface area contributed by atoms with E-state index in [9.17, 15) is 17.6 Å². The Bertz CT molecular complexity index is 417. The molecule has 0 aromatic heterocycles. The highest BCUT2D eigenvalue weighted by Gasteiger charge is 2.43. The van der Waals surface area contributed by atoms with Gasteiger partial charge in [0.2, 0.25) is 0 Å². The van der Waals surface area contributed by atoms with Gasteiger partial charge in [-0.1, -0.05) is 5.16 Å². The second kappa shape index (κ2) is 5.56. The van der Waals surface area contributed by atoms with Gasteiger partial charge in [-0.2, -0.15) is 13.2 Å². The maximum Gasteiger partial charge on any atom is 0.402 e. The van der Waals surface area contributed by atoms with Gasteiger partial charge in [0, 0.05) is 0 Å². The monoisotopic (exact) mass is 266 g/mol. The van der Waals surface area contributed by atoms with Crippen molar-refractivity contribution in [2.24, 2.45) is 16.8 Å². The van der Waals surface area contributed by atoms with E-state index in [0.29, 0.717) is 0 Å². The lowest BCUT2D eigenvalue weighted by atomic mass is 10.1. The third-order valence-electron chi connectivity index (χ3n) is 2.10. The van der Waals surface area contributed by atoms with Gasteiger partial charge >= 0.3 is 6.18 Å². The fourth-order valence-electron chi connectivity index (χ4n) is 1.13. The second-order valence-electron chi connectivity index (χ2n) is 3.38. The van der Waals surface area contributed by atoms with Gasteiger partial charge in [-0.25, -0.2) is 4.39 Å². The van der Waals surface area contributed by atoms with Gasteiger partial charge in [0.25, 0.3) is 0 Å². The first-order valence-corrected chi connectivity index (χ1v) is 4.77. The lowest BCUT2D eigenvalue weighted by Crippen LogP contribution is -2.40. The Morgan fingerprint density at radius 2 is 1.89 bits per heavy atom. The summed E-state index contributed by atoms with van der Waals surface area (Å²) >= 11 is 0. The molecule has 1 atom stereocenters.